The number of carbonyl (C=O) groups is 2. The molecule has 0 spiro atoms. The number of para-hydroxylation sites is 1. The van der Waals surface area contributed by atoms with Gasteiger partial charge in [-0.2, -0.15) is 0 Å². The summed E-state index contributed by atoms with van der Waals surface area (Å²) in [6.45, 7) is 5.60. The summed E-state index contributed by atoms with van der Waals surface area (Å²) < 4.78 is 26.9. The third-order valence-electron chi connectivity index (χ3n) is 5.36. The highest BCUT2D eigenvalue weighted by atomic mass is 19.1. The predicted octanol–water partition coefficient (Wildman–Crippen LogP) is -0.112. The molecule has 2 aromatic carbocycles. The Balaban J connectivity index is 1.42. The number of amides is 2. The fourth-order valence-corrected chi connectivity index (χ4v) is 3.70. The highest BCUT2D eigenvalue weighted by Gasteiger charge is 2.26. The van der Waals surface area contributed by atoms with Crippen molar-refractivity contribution < 1.29 is 28.2 Å². The van der Waals surface area contributed by atoms with Gasteiger partial charge in [0.15, 0.2) is 13.1 Å². The third-order valence-corrected chi connectivity index (χ3v) is 5.36. The van der Waals surface area contributed by atoms with Gasteiger partial charge in [0.2, 0.25) is 0 Å². The number of nitrogens with one attached hydrogen (secondary N) is 4. The van der Waals surface area contributed by atoms with Gasteiger partial charge in [-0.05, 0) is 30.2 Å². The van der Waals surface area contributed by atoms with Crippen molar-refractivity contribution in [3.8, 4) is 0 Å². The summed E-state index contributed by atoms with van der Waals surface area (Å²) in [6.07, 6.45) is 0.854. The number of benzene rings is 2. The number of carbonyl (C=O) groups excluding carboxylic acids is 2. The molecular formula is C22H28F2N4O2+2. The van der Waals surface area contributed by atoms with Crippen LogP contribution >= 0.6 is 0 Å². The summed E-state index contributed by atoms with van der Waals surface area (Å²) >= 11 is 0. The Morgan fingerprint density at radius 1 is 0.867 bits per heavy atom. The zero-order valence-corrected chi connectivity index (χ0v) is 17.1. The molecule has 0 aliphatic carbocycles. The van der Waals surface area contributed by atoms with Gasteiger partial charge < -0.3 is 20.4 Å². The summed E-state index contributed by atoms with van der Waals surface area (Å²) in [5.74, 6) is -1.64. The molecule has 8 heteroatoms. The van der Waals surface area contributed by atoms with Gasteiger partial charge in [0, 0.05) is 11.8 Å². The van der Waals surface area contributed by atoms with Gasteiger partial charge in [0.05, 0.1) is 5.69 Å². The molecule has 1 saturated heterocycles. The van der Waals surface area contributed by atoms with E-state index in [1.54, 1.807) is 0 Å². The van der Waals surface area contributed by atoms with E-state index in [0.717, 1.165) is 66.9 Å². The van der Waals surface area contributed by atoms with Gasteiger partial charge >= 0.3 is 0 Å². The van der Waals surface area contributed by atoms with Crippen LogP contribution in [0.25, 0.3) is 0 Å². The Morgan fingerprint density at radius 3 is 2.03 bits per heavy atom. The van der Waals surface area contributed by atoms with E-state index in [-0.39, 0.29) is 24.0 Å². The first-order chi connectivity index (χ1) is 14.4. The maximum atomic E-state index is 13.7. The summed E-state index contributed by atoms with van der Waals surface area (Å²) in [5, 5.41) is 5.43. The second-order valence-electron chi connectivity index (χ2n) is 7.58. The first-order valence-electron chi connectivity index (χ1n) is 10.2. The molecular weight excluding hydrogens is 390 g/mol. The second kappa shape index (κ2) is 10.3. The van der Waals surface area contributed by atoms with E-state index in [0.29, 0.717) is 6.54 Å². The fraction of sp³-hybridized carbons (Fsp3) is 0.364. The molecule has 2 amide bonds. The maximum absolute atomic E-state index is 13.7. The van der Waals surface area contributed by atoms with Gasteiger partial charge in [-0.25, -0.2) is 8.78 Å². The average molecular weight is 418 g/mol. The number of piperazine rings is 1. The van der Waals surface area contributed by atoms with Gasteiger partial charge in [0.25, 0.3) is 11.8 Å². The van der Waals surface area contributed by atoms with Crippen LogP contribution in [0.2, 0.25) is 0 Å². The standard InChI is InChI=1S/C22H26F2N4O2/c1-2-16-5-3-4-6-19(16)25-21(29)14-27-9-11-28(12-10-27)15-22(30)26-20-13-17(23)7-8-18(20)24/h3-8,13H,2,9-12,14-15H2,1H3,(H,25,29)(H,26,30)/p+2. The minimum Gasteiger partial charge on any atom is -0.321 e. The number of anilines is 2. The largest absolute Gasteiger partial charge is 0.321 e. The molecule has 1 aliphatic heterocycles. The molecule has 0 unspecified atom stereocenters. The van der Waals surface area contributed by atoms with Crippen molar-refractivity contribution in [2.45, 2.75) is 13.3 Å². The lowest BCUT2D eigenvalue weighted by atomic mass is 10.1. The van der Waals surface area contributed by atoms with E-state index in [2.05, 4.69) is 17.6 Å². The maximum Gasteiger partial charge on any atom is 0.279 e. The van der Waals surface area contributed by atoms with Crippen LogP contribution < -0.4 is 20.4 Å². The Bertz CT molecular complexity index is 898. The van der Waals surface area contributed by atoms with Gasteiger partial charge in [-0.3, -0.25) is 9.59 Å². The number of halogens is 2. The molecule has 4 N–H and O–H groups in total. The van der Waals surface area contributed by atoms with E-state index in [1.807, 2.05) is 24.3 Å². The third kappa shape index (κ3) is 6.08. The molecule has 2 aromatic rings. The van der Waals surface area contributed by atoms with Gasteiger partial charge in [-0.1, -0.05) is 25.1 Å². The van der Waals surface area contributed by atoms with E-state index in [4.69, 9.17) is 0 Å². The van der Waals surface area contributed by atoms with Gasteiger partial charge in [-0.15, -0.1) is 0 Å². The number of hydrogen-bond donors (Lipinski definition) is 4. The Hall–Kier alpha value is -2.84. The fourth-order valence-electron chi connectivity index (χ4n) is 3.70. The van der Waals surface area contributed by atoms with Crippen LogP contribution in [0.4, 0.5) is 20.2 Å². The molecule has 1 heterocycles. The van der Waals surface area contributed by atoms with Gasteiger partial charge in [0.1, 0.15) is 37.8 Å². The Morgan fingerprint density at radius 2 is 1.43 bits per heavy atom. The van der Waals surface area contributed by atoms with Crippen LogP contribution in [-0.2, 0) is 16.0 Å². The quantitative estimate of drug-likeness (QED) is 0.507. The second-order valence-corrected chi connectivity index (χ2v) is 7.58. The lowest BCUT2D eigenvalue weighted by molar-refractivity contribution is -1.00. The van der Waals surface area contributed by atoms with Crippen LogP contribution in [-0.4, -0.2) is 51.1 Å². The topological polar surface area (TPSA) is 67.1 Å². The van der Waals surface area contributed by atoms with Crippen LogP contribution in [0.5, 0.6) is 0 Å². The zero-order chi connectivity index (χ0) is 21.5. The predicted molar refractivity (Wildman–Crippen MR) is 111 cm³/mol. The van der Waals surface area contributed by atoms with E-state index < -0.39 is 11.6 Å². The molecule has 0 radical (unpaired) electrons. The van der Waals surface area contributed by atoms with Crippen LogP contribution in [0, 0.1) is 11.6 Å². The first-order valence-corrected chi connectivity index (χ1v) is 10.2. The molecule has 160 valence electrons. The summed E-state index contributed by atoms with van der Waals surface area (Å²) in [4.78, 5) is 26.8. The first kappa shape index (κ1) is 21.9. The normalized spacial score (nSPS) is 18.6. The minimum atomic E-state index is -0.662. The molecule has 0 saturated carbocycles. The Labute approximate surface area is 174 Å². The van der Waals surface area contributed by atoms with Crippen molar-refractivity contribution in [3.63, 3.8) is 0 Å². The zero-order valence-electron chi connectivity index (χ0n) is 17.1. The molecule has 0 bridgehead atoms. The smallest absolute Gasteiger partial charge is 0.279 e. The van der Waals surface area contributed by atoms with E-state index in [9.17, 15) is 18.4 Å². The van der Waals surface area contributed by atoms with E-state index >= 15 is 0 Å². The SMILES string of the molecule is CCc1ccccc1NC(=O)C[NH+]1CC[NH+](CC(=O)Nc2cc(F)ccc2F)CC1. The summed E-state index contributed by atoms with van der Waals surface area (Å²) in [6, 6.07) is 10.8. The van der Waals surface area contributed by atoms with Crippen molar-refractivity contribution in [2.75, 3.05) is 49.9 Å². The highest BCUT2D eigenvalue weighted by molar-refractivity contribution is 5.92. The summed E-state index contributed by atoms with van der Waals surface area (Å²) in [5.41, 5.74) is 1.82. The van der Waals surface area contributed by atoms with Crippen molar-refractivity contribution in [1.29, 1.82) is 0 Å². The van der Waals surface area contributed by atoms with Crippen molar-refractivity contribution >= 4 is 23.2 Å². The highest BCUT2D eigenvalue weighted by Crippen LogP contribution is 2.15. The van der Waals surface area contributed by atoms with Crippen LogP contribution in [0.3, 0.4) is 0 Å². The molecule has 0 aromatic heterocycles. The number of quaternary nitrogens is 2. The lowest BCUT2D eigenvalue weighted by Crippen LogP contribution is -3.28. The number of hydrogen-bond acceptors (Lipinski definition) is 2. The molecule has 3 rings (SSSR count). The van der Waals surface area contributed by atoms with Crippen LogP contribution in [0.15, 0.2) is 42.5 Å². The number of rotatable bonds is 7. The summed E-state index contributed by atoms with van der Waals surface area (Å²) in [7, 11) is 0. The molecule has 1 aliphatic rings. The van der Waals surface area contributed by atoms with Crippen molar-refractivity contribution in [3.05, 3.63) is 59.7 Å². The molecule has 1 fully saturated rings. The number of aryl methyl sites for hydroxylation is 1. The van der Waals surface area contributed by atoms with Crippen molar-refractivity contribution in [2.24, 2.45) is 0 Å². The lowest BCUT2D eigenvalue weighted by Gasteiger charge is -2.29. The average Bonchev–Trinajstić information content (AvgIpc) is 2.72. The van der Waals surface area contributed by atoms with Crippen LogP contribution in [0.1, 0.15) is 12.5 Å². The van der Waals surface area contributed by atoms with Crippen molar-refractivity contribution in [1.82, 2.24) is 0 Å². The Kier molecular flexibility index (Phi) is 7.48. The molecule has 6 nitrogen and oxygen atoms in total. The monoisotopic (exact) mass is 418 g/mol. The molecule has 30 heavy (non-hydrogen) atoms. The molecule has 0 atom stereocenters. The van der Waals surface area contributed by atoms with E-state index in [1.165, 1.54) is 4.90 Å². The minimum absolute atomic E-state index is 0.0197.